The van der Waals surface area contributed by atoms with E-state index >= 15 is 0 Å². The summed E-state index contributed by atoms with van der Waals surface area (Å²) in [5.41, 5.74) is -3.46. The summed E-state index contributed by atoms with van der Waals surface area (Å²) in [5, 5.41) is 12.2. The van der Waals surface area contributed by atoms with Crippen LogP contribution in [0.4, 0.5) is 17.6 Å². The van der Waals surface area contributed by atoms with Crippen molar-refractivity contribution in [3.8, 4) is 17.5 Å². The Hall–Kier alpha value is -2.89. The lowest BCUT2D eigenvalue weighted by Crippen LogP contribution is -2.28. The zero-order chi connectivity index (χ0) is 17.4. The van der Waals surface area contributed by atoms with Crippen LogP contribution in [0.25, 0.3) is 5.69 Å². The van der Waals surface area contributed by atoms with E-state index in [1.54, 1.807) is 6.07 Å². The van der Waals surface area contributed by atoms with E-state index in [9.17, 15) is 22.4 Å². The van der Waals surface area contributed by atoms with Crippen LogP contribution < -0.4 is 10.3 Å². The van der Waals surface area contributed by atoms with Crippen molar-refractivity contribution < 1.29 is 22.3 Å². The first-order chi connectivity index (χ1) is 10.7. The summed E-state index contributed by atoms with van der Waals surface area (Å²) >= 11 is 0. The molecule has 5 nitrogen and oxygen atoms in total. The zero-order valence-electron chi connectivity index (χ0n) is 11.9. The highest BCUT2D eigenvalue weighted by atomic mass is 19.4. The Morgan fingerprint density at radius 2 is 2.00 bits per heavy atom. The third-order valence-electron chi connectivity index (χ3n) is 3.14. The van der Waals surface area contributed by atoms with Gasteiger partial charge in [0.2, 0.25) is 0 Å². The number of ether oxygens (including phenoxy) is 1. The molecule has 0 atom stereocenters. The first-order valence-corrected chi connectivity index (χ1v) is 6.14. The van der Waals surface area contributed by atoms with Gasteiger partial charge >= 0.3 is 6.18 Å². The average Bonchev–Trinajstić information content (AvgIpc) is 2.48. The van der Waals surface area contributed by atoms with Gasteiger partial charge in [-0.15, -0.1) is 0 Å². The highest BCUT2D eigenvalue weighted by molar-refractivity contribution is 5.51. The number of alkyl halides is 3. The maximum atomic E-state index is 14.1. The van der Waals surface area contributed by atoms with Crippen molar-refractivity contribution in [2.75, 3.05) is 7.11 Å². The van der Waals surface area contributed by atoms with Crippen molar-refractivity contribution in [1.29, 1.82) is 5.26 Å². The first-order valence-electron chi connectivity index (χ1n) is 6.14. The fourth-order valence-corrected chi connectivity index (χ4v) is 1.96. The fourth-order valence-electron chi connectivity index (χ4n) is 1.96. The Bertz CT molecular complexity index is 866. The number of nitrogens with zero attached hydrogens (tertiary/aromatic N) is 3. The first kappa shape index (κ1) is 16.5. The molecule has 120 valence electrons. The van der Waals surface area contributed by atoms with Gasteiger partial charge in [-0.25, -0.2) is 4.39 Å². The molecule has 0 bridgehead atoms. The minimum atomic E-state index is -4.74. The molecule has 0 aliphatic carbocycles. The van der Waals surface area contributed by atoms with Crippen LogP contribution in [0.5, 0.6) is 5.75 Å². The normalized spacial score (nSPS) is 11.2. The molecule has 2 rings (SSSR count). The maximum absolute atomic E-state index is 14.1. The largest absolute Gasteiger partial charge is 0.495 e. The zero-order valence-corrected chi connectivity index (χ0v) is 11.9. The van der Waals surface area contributed by atoms with Crippen LogP contribution in [0.2, 0.25) is 0 Å². The minimum Gasteiger partial charge on any atom is -0.495 e. The Morgan fingerprint density at radius 3 is 2.52 bits per heavy atom. The molecule has 0 fully saturated rings. The van der Waals surface area contributed by atoms with Gasteiger partial charge in [-0.1, -0.05) is 0 Å². The van der Waals surface area contributed by atoms with Gasteiger partial charge in [0.15, 0.2) is 5.82 Å². The van der Waals surface area contributed by atoms with Crippen LogP contribution in [0, 0.1) is 24.1 Å². The molecule has 0 radical (unpaired) electrons. The van der Waals surface area contributed by atoms with Crippen molar-refractivity contribution >= 4 is 0 Å². The second-order valence-corrected chi connectivity index (χ2v) is 4.51. The van der Waals surface area contributed by atoms with Gasteiger partial charge in [-0.3, -0.25) is 4.79 Å². The fraction of sp³-hybridized carbons (Fsp3) is 0.214. The summed E-state index contributed by atoms with van der Waals surface area (Å²) in [4.78, 5) is 12.1. The maximum Gasteiger partial charge on any atom is 0.418 e. The molecule has 1 aromatic heterocycles. The van der Waals surface area contributed by atoms with Gasteiger partial charge in [0.1, 0.15) is 17.5 Å². The van der Waals surface area contributed by atoms with Crippen LogP contribution in [-0.4, -0.2) is 16.9 Å². The van der Waals surface area contributed by atoms with Crippen LogP contribution in [0.15, 0.2) is 23.1 Å². The third kappa shape index (κ3) is 2.88. The van der Waals surface area contributed by atoms with Crippen molar-refractivity contribution in [1.82, 2.24) is 9.78 Å². The molecule has 0 saturated heterocycles. The standard InChI is InChI=1S/C14H9F4N3O2/c1-7-9(14(16,17)18)6-20-21(13(7)22)11-4-12(23-2)8(5-19)3-10(11)15/h3-4,6H,1-2H3. The second kappa shape index (κ2) is 5.72. The molecule has 1 heterocycles. The van der Waals surface area contributed by atoms with E-state index in [-0.39, 0.29) is 11.3 Å². The lowest BCUT2D eigenvalue weighted by molar-refractivity contribution is -0.138. The average molecular weight is 327 g/mol. The third-order valence-corrected chi connectivity index (χ3v) is 3.14. The predicted octanol–water partition coefficient (Wildman–Crippen LogP) is 2.58. The van der Waals surface area contributed by atoms with Crippen LogP contribution in [0.3, 0.4) is 0 Å². The summed E-state index contributed by atoms with van der Waals surface area (Å²) in [6.45, 7) is 0.974. The van der Waals surface area contributed by atoms with Crippen LogP contribution >= 0.6 is 0 Å². The van der Waals surface area contributed by atoms with E-state index in [0.717, 1.165) is 19.1 Å². The van der Waals surface area contributed by atoms with E-state index in [1.165, 1.54) is 7.11 Å². The number of benzene rings is 1. The summed E-state index contributed by atoms with van der Waals surface area (Å²) in [6.07, 6.45) is -4.29. The molecule has 0 aliphatic rings. The number of methoxy groups -OCH3 is 1. The number of halogens is 4. The smallest absolute Gasteiger partial charge is 0.418 e. The van der Waals surface area contributed by atoms with Crippen LogP contribution in [-0.2, 0) is 6.18 Å². The summed E-state index contributed by atoms with van der Waals surface area (Å²) in [7, 11) is 1.23. The van der Waals surface area contributed by atoms with E-state index in [1.807, 2.05) is 0 Å². The van der Waals surface area contributed by atoms with Gasteiger partial charge in [0, 0.05) is 11.6 Å². The summed E-state index contributed by atoms with van der Waals surface area (Å²) < 4.78 is 57.7. The van der Waals surface area contributed by atoms with Gasteiger partial charge in [-0.05, 0) is 13.0 Å². The molecular weight excluding hydrogens is 318 g/mol. The molecule has 0 aliphatic heterocycles. The van der Waals surface area contributed by atoms with Gasteiger partial charge in [0.25, 0.3) is 5.56 Å². The van der Waals surface area contributed by atoms with E-state index in [0.29, 0.717) is 10.9 Å². The lowest BCUT2D eigenvalue weighted by Gasteiger charge is -2.13. The van der Waals surface area contributed by atoms with Crippen LogP contribution in [0.1, 0.15) is 16.7 Å². The molecule has 0 saturated carbocycles. The SMILES string of the molecule is COc1cc(-n2ncc(C(F)(F)F)c(C)c2=O)c(F)cc1C#N. The number of aromatic nitrogens is 2. The number of hydrogen-bond acceptors (Lipinski definition) is 4. The molecule has 0 unspecified atom stereocenters. The number of hydrogen-bond donors (Lipinski definition) is 0. The highest BCUT2D eigenvalue weighted by Crippen LogP contribution is 2.30. The summed E-state index contributed by atoms with van der Waals surface area (Å²) in [6, 6.07) is 3.54. The van der Waals surface area contributed by atoms with Crippen molar-refractivity contribution in [3.05, 3.63) is 51.2 Å². The molecule has 1 aromatic carbocycles. The number of nitriles is 1. The molecular formula is C14H9F4N3O2. The Balaban J connectivity index is 2.72. The van der Waals surface area contributed by atoms with Crippen molar-refractivity contribution in [2.45, 2.75) is 13.1 Å². The molecule has 0 N–H and O–H groups in total. The minimum absolute atomic E-state index is 0.0323. The van der Waals surface area contributed by atoms with Crippen molar-refractivity contribution in [3.63, 3.8) is 0 Å². The van der Waals surface area contributed by atoms with Gasteiger partial charge in [0.05, 0.1) is 24.4 Å². The monoisotopic (exact) mass is 327 g/mol. The Labute approximate surface area is 127 Å². The molecule has 23 heavy (non-hydrogen) atoms. The predicted molar refractivity (Wildman–Crippen MR) is 70.8 cm³/mol. The van der Waals surface area contributed by atoms with E-state index in [2.05, 4.69) is 5.10 Å². The Morgan fingerprint density at radius 1 is 1.35 bits per heavy atom. The van der Waals surface area contributed by atoms with Gasteiger partial charge in [-0.2, -0.15) is 28.2 Å². The lowest BCUT2D eigenvalue weighted by atomic mass is 10.1. The second-order valence-electron chi connectivity index (χ2n) is 4.51. The van der Waals surface area contributed by atoms with E-state index < -0.39 is 34.4 Å². The molecule has 9 heteroatoms. The van der Waals surface area contributed by atoms with E-state index in [4.69, 9.17) is 10.00 Å². The molecule has 0 amide bonds. The Kier molecular flexibility index (Phi) is 4.10. The van der Waals surface area contributed by atoms with Crippen molar-refractivity contribution in [2.24, 2.45) is 0 Å². The molecule has 0 spiro atoms. The number of rotatable bonds is 2. The van der Waals surface area contributed by atoms with Gasteiger partial charge < -0.3 is 4.74 Å². The summed E-state index contributed by atoms with van der Waals surface area (Å²) in [5.74, 6) is -1.02. The molecule has 2 aromatic rings. The topological polar surface area (TPSA) is 67.9 Å². The quantitative estimate of drug-likeness (QED) is 0.795. The highest BCUT2D eigenvalue weighted by Gasteiger charge is 2.34.